The van der Waals surface area contributed by atoms with E-state index in [9.17, 15) is 0 Å². The first-order valence-electron chi connectivity index (χ1n) is 8.92. The second-order valence-electron chi connectivity index (χ2n) is 8.44. The lowest BCUT2D eigenvalue weighted by molar-refractivity contribution is -0.252. The van der Waals surface area contributed by atoms with E-state index in [2.05, 4.69) is 69.8 Å². The van der Waals surface area contributed by atoms with E-state index in [4.69, 9.17) is 5.26 Å². The van der Waals surface area contributed by atoms with Crippen LogP contribution < -0.4 is 0 Å². The fraction of sp³-hybridized carbons (Fsp3) is 0.455. The van der Waals surface area contributed by atoms with Crippen LogP contribution in [0.5, 0.6) is 0 Å². The molecule has 3 rings (SSSR count). The molecule has 1 aliphatic rings. The van der Waals surface area contributed by atoms with Gasteiger partial charge in [0, 0.05) is 9.75 Å². The second kappa shape index (κ2) is 6.71. The summed E-state index contributed by atoms with van der Waals surface area (Å²) < 4.78 is 0. The van der Waals surface area contributed by atoms with Crippen LogP contribution in [0.2, 0.25) is 0 Å². The van der Waals surface area contributed by atoms with Gasteiger partial charge < -0.3 is 0 Å². The molecule has 0 amide bonds. The molecule has 0 bridgehead atoms. The van der Waals surface area contributed by atoms with Crippen molar-refractivity contribution in [1.29, 1.82) is 0 Å². The van der Waals surface area contributed by atoms with Crippen molar-refractivity contribution < 1.29 is 10.1 Å². The lowest BCUT2D eigenvalue weighted by Crippen LogP contribution is -2.33. The molecule has 1 aliphatic carbocycles. The molecule has 1 aromatic heterocycles. The molecular formula is C22H28O2S. The summed E-state index contributed by atoms with van der Waals surface area (Å²) in [6.07, 6.45) is 4.73. The number of allylic oxidation sites excluding steroid dienone is 1. The van der Waals surface area contributed by atoms with Crippen molar-refractivity contribution in [2.24, 2.45) is 0 Å². The SMILES string of the molecule is C/C(=C/c1ccc2c(c1)C(C)(C)CCC2(C)C)c1ccc(COO)s1. The lowest BCUT2D eigenvalue weighted by atomic mass is 9.63. The van der Waals surface area contributed by atoms with Crippen LogP contribution in [0.1, 0.15) is 73.9 Å². The molecule has 2 aromatic rings. The number of rotatable bonds is 4. The molecule has 3 heteroatoms. The molecule has 0 fully saturated rings. The van der Waals surface area contributed by atoms with Crippen LogP contribution in [-0.4, -0.2) is 5.26 Å². The Morgan fingerprint density at radius 3 is 2.44 bits per heavy atom. The summed E-state index contributed by atoms with van der Waals surface area (Å²) in [6, 6.07) is 11.1. The molecule has 0 saturated heterocycles. The van der Waals surface area contributed by atoms with Crippen molar-refractivity contribution in [2.75, 3.05) is 0 Å². The van der Waals surface area contributed by atoms with Gasteiger partial charge in [0.05, 0.1) is 0 Å². The third-order valence-corrected chi connectivity index (χ3v) is 6.71. The van der Waals surface area contributed by atoms with Gasteiger partial charge in [-0.2, -0.15) is 0 Å². The average Bonchev–Trinajstić information content (AvgIpc) is 3.01. The summed E-state index contributed by atoms with van der Waals surface area (Å²) in [4.78, 5) is 6.47. The van der Waals surface area contributed by atoms with Crippen LogP contribution in [0.15, 0.2) is 30.3 Å². The Morgan fingerprint density at radius 1 is 1.08 bits per heavy atom. The summed E-state index contributed by atoms with van der Waals surface area (Å²) in [7, 11) is 0. The standard InChI is InChI=1S/C22H28O2S/c1-15(20-9-7-17(25-20)14-24-23)12-16-6-8-18-19(13-16)22(4,5)11-10-21(18,2)3/h6-9,12-13,23H,10-11,14H2,1-5H3/b15-12-. The summed E-state index contributed by atoms with van der Waals surface area (Å²) >= 11 is 1.66. The summed E-state index contributed by atoms with van der Waals surface area (Å²) in [5.74, 6) is 0. The zero-order chi connectivity index (χ0) is 18.2. The van der Waals surface area contributed by atoms with Crippen LogP contribution in [-0.2, 0) is 22.3 Å². The van der Waals surface area contributed by atoms with Gasteiger partial charge >= 0.3 is 0 Å². The number of fused-ring (bicyclic) bond motifs is 1. The Morgan fingerprint density at radius 2 is 1.76 bits per heavy atom. The van der Waals surface area contributed by atoms with E-state index >= 15 is 0 Å². The van der Waals surface area contributed by atoms with Gasteiger partial charge in [-0.3, -0.25) is 5.26 Å². The number of thiophene rings is 1. The maximum absolute atomic E-state index is 8.60. The van der Waals surface area contributed by atoms with Crippen molar-refractivity contribution in [3.63, 3.8) is 0 Å². The van der Waals surface area contributed by atoms with E-state index in [-0.39, 0.29) is 17.4 Å². The molecule has 0 aliphatic heterocycles. The largest absolute Gasteiger partial charge is 0.251 e. The maximum Gasteiger partial charge on any atom is 0.116 e. The quantitative estimate of drug-likeness (QED) is 0.491. The van der Waals surface area contributed by atoms with Crippen molar-refractivity contribution in [3.8, 4) is 0 Å². The van der Waals surface area contributed by atoms with Gasteiger partial charge in [-0.1, -0.05) is 52.0 Å². The van der Waals surface area contributed by atoms with Gasteiger partial charge in [-0.25, -0.2) is 4.89 Å². The second-order valence-corrected chi connectivity index (χ2v) is 9.61. The van der Waals surface area contributed by atoms with Crippen molar-refractivity contribution >= 4 is 23.0 Å². The summed E-state index contributed by atoms with van der Waals surface area (Å²) in [5, 5.41) is 8.60. The highest BCUT2D eigenvalue weighted by Gasteiger charge is 2.36. The number of hydrogen-bond donors (Lipinski definition) is 1. The maximum atomic E-state index is 8.60. The van der Waals surface area contributed by atoms with Crippen LogP contribution in [0, 0.1) is 0 Å². The zero-order valence-electron chi connectivity index (χ0n) is 15.8. The molecule has 0 atom stereocenters. The minimum absolute atomic E-state index is 0.233. The fourth-order valence-corrected chi connectivity index (χ4v) is 4.63. The minimum Gasteiger partial charge on any atom is -0.251 e. The van der Waals surface area contributed by atoms with Crippen LogP contribution in [0.4, 0.5) is 0 Å². The van der Waals surface area contributed by atoms with Crippen LogP contribution in [0.25, 0.3) is 11.6 Å². The molecule has 1 N–H and O–H groups in total. The highest BCUT2D eigenvalue weighted by atomic mass is 32.1. The van der Waals surface area contributed by atoms with Gasteiger partial charge in [0.15, 0.2) is 0 Å². The zero-order valence-corrected chi connectivity index (χ0v) is 16.7. The summed E-state index contributed by atoms with van der Waals surface area (Å²) in [6.45, 7) is 11.8. The van der Waals surface area contributed by atoms with Crippen molar-refractivity contribution in [2.45, 2.75) is 64.9 Å². The van der Waals surface area contributed by atoms with Gasteiger partial charge in [-0.15, -0.1) is 11.3 Å². The van der Waals surface area contributed by atoms with Crippen LogP contribution >= 0.6 is 11.3 Å². The normalized spacial score (nSPS) is 18.9. The molecule has 1 aromatic carbocycles. The van der Waals surface area contributed by atoms with Crippen molar-refractivity contribution in [1.82, 2.24) is 0 Å². The monoisotopic (exact) mass is 356 g/mol. The number of benzene rings is 1. The first-order chi connectivity index (χ1) is 11.7. The molecule has 0 unspecified atom stereocenters. The smallest absolute Gasteiger partial charge is 0.116 e. The molecular weight excluding hydrogens is 328 g/mol. The molecule has 0 saturated carbocycles. The van der Waals surface area contributed by atoms with Gasteiger partial charge in [0.25, 0.3) is 0 Å². The Hall–Kier alpha value is -1.42. The molecule has 25 heavy (non-hydrogen) atoms. The first-order valence-corrected chi connectivity index (χ1v) is 9.73. The Balaban J connectivity index is 1.95. The van der Waals surface area contributed by atoms with Crippen molar-refractivity contribution in [3.05, 3.63) is 56.8 Å². The van der Waals surface area contributed by atoms with Crippen LogP contribution in [0.3, 0.4) is 0 Å². The average molecular weight is 357 g/mol. The highest BCUT2D eigenvalue weighted by molar-refractivity contribution is 7.13. The Kier molecular flexibility index (Phi) is 4.93. The third kappa shape index (κ3) is 3.74. The fourth-order valence-electron chi connectivity index (χ4n) is 3.75. The molecule has 0 radical (unpaired) electrons. The third-order valence-electron chi connectivity index (χ3n) is 5.52. The number of hydrogen-bond acceptors (Lipinski definition) is 3. The Bertz CT molecular complexity index is 796. The van der Waals surface area contributed by atoms with Gasteiger partial charge in [0.2, 0.25) is 0 Å². The Labute approximate surface area is 155 Å². The minimum atomic E-state index is 0.233. The molecule has 2 nitrogen and oxygen atoms in total. The highest BCUT2D eigenvalue weighted by Crippen LogP contribution is 2.46. The predicted molar refractivity (Wildman–Crippen MR) is 107 cm³/mol. The predicted octanol–water partition coefficient (Wildman–Crippen LogP) is 6.65. The molecule has 1 heterocycles. The van der Waals surface area contributed by atoms with E-state index in [0.717, 1.165) is 4.88 Å². The van der Waals surface area contributed by atoms with E-state index in [1.165, 1.54) is 40.0 Å². The van der Waals surface area contributed by atoms with E-state index in [1.807, 2.05) is 6.07 Å². The molecule has 134 valence electrons. The first kappa shape index (κ1) is 18.4. The summed E-state index contributed by atoms with van der Waals surface area (Å²) in [5.41, 5.74) is 5.98. The van der Waals surface area contributed by atoms with E-state index in [1.54, 1.807) is 11.3 Å². The lowest BCUT2D eigenvalue weighted by Gasteiger charge is -2.42. The van der Waals surface area contributed by atoms with Gasteiger partial charge in [0.1, 0.15) is 6.61 Å². The van der Waals surface area contributed by atoms with E-state index < -0.39 is 0 Å². The van der Waals surface area contributed by atoms with E-state index in [0.29, 0.717) is 0 Å². The molecule has 0 spiro atoms. The topological polar surface area (TPSA) is 29.5 Å². The van der Waals surface area contributed by atoms with Gasteiger partial charge in [-0.05, 0) is 65.0 Å².